The second-order valence-electron chi connectivity index (χ2n) is 10.1. The molecule has 0 aromatic heterocycles. The highest BCUT2D eigenvalue weighted by Gasteiger charge is 2.64. The van der Waals surface area contributed by atoms with Gasteiger partial charge in [-0.25, -0.2) is 30.7 Å². The van der Waals surface area contributed by atoms with Gasteiger partial charge in [-0.1, -0.05) is 6.06 Å². The molecule has 0 bridgehead atoms. The molecule has 0 spiro atoms. The van der Waals surface area contributed by atoms with Gasteiger partial charge in [-0.05, 0) is 41.5 Å². The molecule has 0 N–H and O–H groups in total. The molecule has 0 radical (unpaired) electrons. The van der Waals surface area contributed by atoms with Gasteiger partial charge < -0.3 is 0 Å². The molecule has 0 unspecified atom stereocenters. The zero-order chi connectivity index (χ0) is 23.8. The average Bonchev–Trinajstić information content (AvgIpc) is 3.01. The molecule has 1 heterocycles. The maximum absolute atomic E-state index is 15.3. The predicted molar refractivity (Wildman–Crippen MR) is 110 cm³/mol. The zero-order valence-corrected chi connectivity index (χ0v) is 18.9. The van der Waals surface area contributed by atoms with Crippen LogP contribution in [0.15, 0.2) is 6.07 Å². The Hall–Kier alpha value is -1.63. The third-order valence-corrected chi connectivity index (χ3v) is 13.6. The molecule has 1 atom stereocenters. The van der Waals surface area contributed by atoms with Crippen LogP contribution in [0, 0.1) is 46.5 Å². The maximum Gasteiger partial charge on any atom is 0.200 e. The summed E-state index contributed by atoms with van der Waals surface area (Å²) in [5.41, 5.74) is -1.60. The molecule has 1 aliphatic rings. The molecular weight excluding hydrogens is 446 g/mol. The molecule has 3 rings (SSSR count). The Morgan fingerprint density at radius 1 is 0.613 bits per heavy atom. The first-order valence-electron chi connectivity index (χ1n) is 9.78. The zero-order valence-electron chi connectivity index (χ0n) is 18.0. The summed E-state index contributed by atoms with van der Waals surface area (Å²) < 4.78 is 116. The van der Waals surface area contributed by atoms with Gasteiger partial charge in [0.15, 0.2) is 29.1 Å². The lowest BCUT2D eigenvalue weighted by atomic mass is 9.42. The summed E-state index contributed by atoms with van der Waals surface area (Å²) in [6, 6.07) is 0.0799. The smallest absolute Gasteiger partial charge is 0.200 e. The van der Waals surface area contributed by atoms with Crippen molar-refractivity contribution in [3.05, 3.63) is 52.6 Å². The minimum atomic E-state index is -2.99. The predicted octanol–water partition coefficient (Wildman–Crippen LogP) is 4.93. The van der Waals surface area contributed by atoms with Crippen LogP contribution < -0.4 is 16.2 Å². The van der Waals surface area contributed by atoms with E-state index in [4.69, 9.17) is 0 Å². The topological polar surface area (TPSA) is 0 Å². The van der Waals surface area contributed by atoms with Crippen molar-refractivity contribution in [1.82, 2.24) is 0 Å². The molecule has 0 saturated heterocycles. The summed E-state index contributed by atoms with van der Waals surface area (Å²) in [7, 11) is -2.99. The molecule has 0 fully saturated rings. The maximum atomic E-state index is 15.3. The van der Waals surface area contributed by atoms with Crippen LogP contribution in [0.1, 0.15) is 41.5 Å². The van der Waals surface area contributed by atoms with Gasteiger partial charge in [0.2, 0.25) is 0 Å². The highest BCUT2D eigenvalue weighted by Crippen LogP contribution is 2.77. The van der Waals surface area contributed by atoms with Crippen molar-refractivity contribution in [1.29, 1.82) is 0 Å². The van der Waals surface area contributed by atoms with E-state index in [1.165, 1.54) is 0 Å². The minimum Gasteiger partial charge on any atom is -0.210 e. The third kappa shape index (κ3) is 3.13. The summed E-state index contributed by atoms with van der Waals surface area (Å²) in [5, 5.41) is -1.85. The SMILES string of the molecule is CC(C)(C)[P+]1(C(C)(C)C)C[B@H-](c2c(F)c(F)c(F)c(F)c2F)c2c(F)cc(F)c(F)c21. The van der Waals surface area contributed by atoms with E-state index in [9.17, 15) is 26.3 Å². The first-order valence-corrected chi connectivity index (χ1v) is 11.8. The molecular formula is C21H22BF8P. The average molecular weight is 468 g/mol. The fourth-order valence-corrected chi connectivity index (χ4v) is 12.9. The largest absolute Gasteiger partial charge is 0.210 e. The van der Waals surface area contributed by atoms with Crippen molar-refractivity contribution in [2.24, 2.45) is 0 Å². The first kappa shape index (κ1) is 24.0. The fourth-order valence-electron chi connectivity index (χ4n) is 5.64. The molecule has 0 saturated carbocycles. The van der Waals surface area contributed by atoms with E-state index in [0.717, 1.165) is 0 Å². The van der Waals surface area contributed by atoms with Gasteiger partial charge in [0.05, 0.1) is 28.1 Å². The molecule has 2 aromatic rings. The van der Waals surface area contributed by atoms with E-state index in [2.05, 4.69) is 0 Å². The van der Waals surface area contributed by atoms with E-state index in [1.807, 2.05) is 0 Å². The number of benzene rings is 2. The molecule has 31 heavy (non-hydrogen) atoms. The number of fused-ring (bicyclic) bond motifs is 1. The molecule has 2 aromatic carbocycles. The standard InChI is InChI=1S/C21H22BF8P/c1-20(2,3)31(21(4,5)6)8-22(11-9(23)7-10(24)13(25)19(11)31)12-14(26)16(28)18(30)17(29)15(12)27/h7,22H,8H2,1-6H3/t22-/m0/s1. The molecule has 0 nitrogen and oxygen atoms in total. The van der Waals surface area contributed by atoms with E-state index >= 15 is 8.78 Å². The Labute approximate surface area is 176 Å². The Bertz CT molecular complexity index is 1040. The van der Waals surface area contributed by atoms with Crippen molar-refractivity contribution < 1.29 is 35.1 Å². The number of hydrogen-bond donors (Lipinski definition) is 0. The second-order valence-corrected chi connectivity index (χ2v) is 15.3. The van der Waals surface area contributed by atoms with Gasteiger partial charge in [0.1, 0.15) is 11.6 Å². The van der Waals surface area contributed by atoms with Crippen LogP contribution in [0.25, 0.3) is 0 Å². The molecule has 0 aliphatic carbocycles. The highest BCUT2D eigenvalue weighted by molar-refractivity contribution is 7.89. The summed E-state index contributed by atoms with van der Waals surface area (Å²) in [4.78, 5) is 0. The number of rotatable bonds is 1. The lowest BCUT2D eigenvalue weighted by molar-refractivity contribution is 0.384. The lowest BCUT2D eigenvalue weighted by Crippen LogP contribution is -2.51. The van der Waals surface area contributed by atoms with Gasteiger partial charge in [0.25, 0.3) is 0 Å². The van der Waals surface area contributed by atoms with Crippen LogP contribution >= 0.6 is 7.26 Å². The van der Waals surface area contributed by atoms with Crippen molar-refractivity contribution in [3.63, 3.8) is 0 Å². The van der Waals surface area contributed by atoms with Gasteiger partial charge in [0, 0.05) is 13.3 Å². The van der Waals surface area contributed by atoms with E-state index in [-0.39, 0.29) is 17.4 Å². The Balaban J connectivity index is 2.53. The van der Waals surface area contributed by atoms with Crippen LogP contribution in [0.2, 0.25) is 0 Å². The van der Waals surface area contributed by atoms with Gasteiger partial charge in [-0.15, -0.1) is 10.9 Å². The first-order chi connectivity index (χ1) is 14.0. The van der Waals surface area contributed by atoms with Crippen LogP contribution in [-0.2, 0) is 0 Å². The Morgan fingerprint density at radius 3 is 1.45 bits per heavy atom. The van der Waals surface area contributed by atoms with Crippen molar-refractivity contribution >= 4 is 30.2 Å². The summed E-state index contributed by atoms with van der Waals surface area (Å²) in [6.45, 7) is 7.62. The van der Waals surface area contributed by atoms with Gasteiger partial charge >= 0.3 is 0 Å². The van der Waals surface area contributed by atoms with Gasteiger partial charge in [-0.3, -0.25) is 0 Å². The molecule has 0 amide bonds. The Morgan fingerprint density at radius 2 is 1.03 bits per heavy atom. The number of halogens is 8. The van der Waals surface area contributed by atoms with E-state index in [1.54, 1.807) is 41.5 Å². The van der Waals surface area contributed by atoms with Crippen LogP contribution in [0.3, 0.4) is 0 Å². The molecule has 170 valence electrons. The third-order valence-electron chi connectivity index (χ3n) is 6.63. The van der Waals surface area contributed by atoms with Crippen molar-refractivity contribution in [2.75, 3.05) is 6.06 Å². The van der Waals surface area contributed by atoms with Crippen LogP contribution in [0.5, 0.6) is 0 Å². The normalized spacial score (nSPS) is 18.5. The summed E-state index contributed by atoms with van der Waals surface area (Å²) in [5.74, 6) is -14.8. The second kappa shape index (κ2) is 7.19. The highest BCUT2D eigenvalue weighted by atomic mass is 31.2. The van der Waals surface area contributed by atoms with E-state index in [0.29, 0.717) is 0 Å². The monoisotopic (exact) mass is 468 g/mol. The summed E-state index contributed by atoms with van der Waals surface area (Å²) in [6.07, 6.45) is 0. The van der Waals surface area contributed by atoms with Crippen molar-refractivity contribution in [3.8, 4) is 0 Å². The number of hydrogen-bond acceptors (Lipinski definition) is 0. The quantitative estimate of drug-likeness (QED) is 0.183. The summed E-state index contributed by atoms with van der Waals surface area (Å²) >= 11 is 0. The lowest BCUT2D eigenvalue weighted by Gasteiger charge is -2.47. The van der Waals surface area contributed by atoms with Crippen LogP contribution in [0.4, 0.5) is 35.1 Å². The Kier molecular flexibility index (Phi) is 5.57. The van der Waals surface area contributed by atoms with Crippen LogP contribution in [-0.4, -0.2) is 23.1 Å². The minimum absolute atomic E-state index is 0.190. The van der Waals surface area contributed by atoms with E-state index < -0.39 is 81.8 Å². The van der Waals surface area contributed by atoms with Gasteiger partial charge in [-0.2, -0.15) is 4.39 Å². The van der Waals surface area contributed by atoms with Crippen molar-refractivity contribution in [2.45, 2.75) is 51.9 Å². The fraction of sp³-hybridized carbons (Fsp3) is 0.429. The molecule has 1 aliphatic heterocycles. The molecule has 10 heteroatoms.